The maximum absolute atomic E-state index is 13.6. The summed E-state index contributed by atoms with van der Waals surface area (Å²) < 4.78 is 53.2. The van der Waals surface area contributed by atoms with Crippen molar-refractivity contribution in [3.63, 3.8) is 0 Å². The van der Waals surface area contributed by atoms with E-state index in [4.69, 9.17) is 0 Å². The van der Waals surface area contributed by atoms with Crippen LogP contribution in [0.25, 0.3) is 0 Å². The molecule has 0 heterocycles. The summed E-state index contributed by atoms with van der Waals surface area (Å²) in [7, 11) is -4.12. The Hall–Kier alpha value is -2.48. The van der Waals surface area contributed by atoms with E-state index in [1.165, 1.54) is 24.3 Å². The zero-order valence-corrected chi connectivity index (χ0v) is 13.7. The van der Waals surface area contributed by atoms with Crippen LogP contribution < -0.4 is 10.0 Å². The van der Waals surface area contributed by atoms with Crippen LogP contribution in [-0.4, -0.2) is 20.9 Å². The highest BCUT2D eigenvalue weighted by atomic mass is 32.2. The number of benzene rings is 2. The highest BCUT2D eigenvalue weighted by molar-refractivity contribution is 7.92. The molecule has 0 aromatic heterocycles. The normalized spacial score (nSPS) is 11.1. The van der Waals surface area contributed by atoms with Crippen molar-refractivity contribution in [2.24, 2.45) is 0 Å². The second-order valence-corrected chi connectivity index (χ2v) is 6.70. The number of amides is 1. The lowest BCUT2D eigenvalue weighted by molar-refractivity contribution is 0.0953. The third-order valence-corrected chi connectivity index (χ3v) is 4.48. The van der Waals surface area contributed by atoms with Gasteiger partial charge in [0.1, 0.15) is 11.6 Å². The van der Waals surface area contributed by atoms with Gasteiger partial charge in [0.25, 0.3) is 15.9 Å². The van der Waals surface area contributed by atoms with E-state index in [2.05, 4.69) is 5.32 Å². The molecule has 0 bridgehead atoms. The Bertz CT molecular complexity index is 854. The predicted molar refractivity (Wildman–Crippen MR) is 86.2 cm³/mol. The fraction of sp³-hybridized carbons (Fsp3) is 0.188. The zero-order valence-electron chi connectivity index (χ0n) is 12.8. The average molecular weight is 354 g/mol. The quantitative estimate of drug-likeness (QED) is 0.838. The number of anilines is 1. The van der Waals surface area contributed by atoms with Gasteiger partial charge < -0.3 is 5.32 Å². The maximum Gasteiger partial charge on any atom is 0.262 e. The number of carbonyl (C=O) groups excluding carboxylic acids is 1. The molecule has 128 valence electrons. The summed E-state index contributed by atoms with van der Waals surface area (Å²) in [5, 5.41) is 2.64. The van der Waals surface area contributed by atoms with Crippen LogP contribution in [0, 0.1) is 11.6 Å². The summed E-state index contributed by atoms with van der Waals surface area (Å²) in [6.07, 6.45) is 0.745. The van der Waals surface area contributed by atoms with Crippen molar-refractivity contribution in [3.05, 3.63) is 59.7 Å². The Balaban J connectivity index is 2.27. The predicted octanol–water partition coefficient (Wildman–Crippen LogP) is 2.91. The molecule has 0 atom stereocenters. The number of carbonyl (C=O) groups is 1. The van der Waals surface area contributed by atoms with Crippen LogP contribution in [0.2, 0.25) is 0 Å². The summed E-state index contributed by atoms with van der Waals surface area (Å²) >= 11 is 0. The number of sulfonamides is 1. The number of nitrogens with one attached hydrogen (secondary N) is 2. The Kier molecular flexibility index (Phi) is 5.50. The van der Waals surface area contributed by atoms with Crippen molar-refractivity contribution in [1.29, 1.82) is 0 Å². The van der Waals surface area contributed by atoms with Crippen LogP contribution in [0.1, 0.15) is 23.7 Å². The largest absolute Gasteiger partial charge is 0.352 e. The monoisotopic (exact) mass is 354 g/mol. The molecule has 0 aliphatic carbocycles. The molecule has 2 N–H and O–H groups in total. The van der Waals surface area contributed by atoms with Gasteiger partial charge in [-0.1, -0.05) is 13.0 Å². The van der Waals surface area contributed by atoms with Crippen molar-refractivity contribution in [1.82, 2.24) is 5.32 Å². The van der Waals surface area contributed by atoms with E-state index < -0.39 is 27.6 Å². The molecule has 0 saturated heterocycles. The van der Waals surface area contributed by atoms with Crippen molar-refractivity contribution in [2.45, 2.75) is 18.2 Å². The topological polar surface area (TPSA) is 75.3 Å². The van der Waals surface area contributed by atoms with E-state index in [9.17, 15) is 22.0 Å². The first-order valence-corrected chi connectivity index (χ1v) is 8.68. The summed E-state index contributed by atoms with van der Waals surface area (Å²) in [5.41, 5.74) is -0.205. The molecular weight excluding hydrogens is 338 g/mol. The maximum atomic E-state index is 13.6. The number of hydrogen-bond donors (Lipinski definition) is 2. The minimum absolute atomic E-state index is 0.172. The first kappa shape index (κ1) is 17.9. The van der Waals surface area contributed by atoms with Crippen molar-refractivity contribution in [3.8, 4) is 0 Å². The molecule has 8 heteroatoms. The number of halogens is 2. The Morgan fingerprint density at radius 1 is 1.12 bits per heavy atom. The Labute approximate surface area is 138 Å². The summed E-state index contributed by atoms with van der Waals surface area (Å²) in [6.45, 7) is 2.36. The van der Waals surface area contributed by atoms with Gasteiger partial charge in [0.05, 0.1) is 10.6 Å². The molecule has 1 amide bonds. The molecule has 0 radical (unpaired) electrons. The third kappa shape index (κ3) is 4.29. The molecular formula is C16H16F2N2O3S. The van der Waals surface area contributed by atoms with Crippen LogP contribution in [0.5, 0.6) is 0 Å². The average Bonchev–Trinajstić information content (AvgIpc) is 2.55. The van der Waals surface area contributed by atoms with Crippen LogP contribution in [-0.2, 0) is 10.0 Å². The smallest absolute Gasteiger partial charge is 0.262 e. The Morgan fingerprint density at radius 2 is 1.88 bits per heavy atom. The van der Waals surface area contributed by atoms with Gasteiger partial charge >= 0.3 is 0 Å². The molecule has 0 aliphatic heterocycles. The molecule has 0 unspecified atom stereocenters. The van der Waals surface area contributed by atoms with Crippen LogP contribution >= 0.6 is 0 Å². The minimum Gasteiger partial charge on any atom is -0.352 e. The fourth-order valence-corrected chi connectivity index (χ4v) is 3.03. The molecule has 0 aliphatic rings. The van der Waals surface area contributed by atoms with E-state index in [0.717, 1.165) is 18.6 Å². The van der Waals surface area contributed by atoms with E-state index in [1.54, 1.807) is 0 Å². The Morgan fingerprint density at radius 3 is 2.54 bits per heavy atom. The van der Waals surface area contributed by atoms with Crippen molar-refractivity contribution >= 4 is 21.6 Å². The van der Waals surface area contributed by atoms with Gasteiger partial charge in [-0.15, -0.1) is 0 Å². The molecule has 24 heavy (non-hydrogen) atoms. The van der Waals surface area contributed by atoms with E-state index in [1.807, 2.05) is 11.6 Å². The molecule has 2 aromatic rings. The minimum atomic E-state index is -4.12. The highest BCUT2D eigenvalue weighted by Crippen LogP contribution is 2.20. The molecule has 0 spiro atoms. The van der Waals surface area contributed by atoms with Gasteiger partial charge in [0.2, 0.25) is 0 Å². The van der Waals surface area contributed by atoms with E-state index >= 15 is 0 Å². The molecule has 2 rings (SSSR count). The molecule has 5 nitrogen and oxygen atoms in total. The fourth-order valence-electron chi connectivity index (χ4n) is 1.92. The van der Waals surface area contributed by atoms with Crippen molar-refractivity contribution in [2.75, 3.05) is 11.3 Å². The van der Waals surface area contributed by atoms with Crippen LogP contribution in [0.4, 0.5) is 14.5 Å². The summed E-state index contributed by atoms with van der Waals surface area (Å²) in [5.74, 6) is -2.25. The first-order valence-electron chi connectivity index (χ1n) is 7.19. The lowest BCUT2D eigenvalue weighted by Gasteiger charge is -2.10. The SMILES string of the molecule is CCCNC(=O)c1cccc(S(=O)(=O)Nc2ccc(F)cc2F)c1. The number of rotatable bonds is 6. The van der Waals surface area contributed by atoms with Gasteiger partial charge in [-0.05, 0) is 36.8 Å². The van der Waals surface area contributed by atoms with Gasteiger partial charge in [0, 0.05) is 18.2 Å². The van der Waals surface area contributed by atoms with Crippen molar-refractivity contribution < 1.29 is 22.0 Å². The second kappa shape index (κ2) is 7.39. The van der Waals surface area contributed by atoms with E-state index in [-0.39, 0.29) is 16.1 Å². The number of hydrogen-bond acceptors (Lipinski definition) is 3. The molecule has 0 fully saturated rings. The van der Waals surface area contributed by atoms with Crippen LogP contribution in [0.15, 0.2) is 47.4 Å². The van der Waals surface area contributed by atoms with E-state index in [0.29, 0.717) is 12.6 Å². The van der Waals surface area contributed by atoms with Gasteiger partial charge in [-0.2, -0.15) is 0 Å². The van der Waals surface area contributed by atoms with Gasteiger partial charge in [-0.25, -0.2) is 17.2 Å². The molecule has 2 aromatic carbocycles. The molecule has 0 saturated carbocycles. The summed E-state index contributed by atoms with van der Waals surface area (Å²) in [4.78, 5) is 11.7. The highest BCUT2D eigenvalue weighted by Gasteiger charge is 2.18. The van der Waals surface area contributed by atoms with Crippen LogP contribution in [0.3, 0.4) is 0 Å². The lowest BCUT2D eigenvalue weighted by atomic mass is 10.2. The zero-order chi connectivity index (χ0) is 17.7. The lowest BCUT2D eigenvalue weighted by Crippen LogP contribution is -2.24. The standard InChI is InChI=1S/C16H16F2N2O3S/c1-2-8-19-16(21)11-4-3-5-13(9-11)24(22,23)20-15-7-6-12(17)10-14(15)18/h3-7,9-10,20H,2,8H2,1H3,(H,19,21). The second-order valence-electron chi connectivity index (χ2n) is 5.01. The van der Waals surface area contributed by atoms with Gasteiger partial charge in [-0.3, -0.25) is 9.52 Å². The first-order chi connectivity index (χ1) is 11.3. The third-order valence-electron chi connectivity index (χ3n) is 3.12. The van der Waals surface area contributed by atoms with Gasteiger partial charge in [0.15, 0.2) is 0 Å². The summed E-state index contributed by atoms with van der Waals surface area (Å²) in [6, 6.07) is 7.86.